The molecule has 4 heteroatoms. The Hall–Kier alpha value is -0.610. The van der Waals surface area contributed by atoms with E-state index in [0.717, 1.165) is 25.9 Å². The minimum Gasteiger partial charge on any atom is -0.376 e. The summed E-state index contributed by atoms with van der Waals surface area (Å²) in [6.45, 7) is 7.13. The Morgan fingerprint density at radius 2 is 2.13 bits per heavy atom. The smallest absolute Gasteiger partial charge is 0.222 e. The van der Waals surface area contributed by atoms with Crippen molar-refractivity contribution in [1.82, 2.24) is 10.6 Å². The number of carbonyl (C=O) groups excluding carboxylic acids is 1. The van der Waals surface area contributed by atoms with Crippen LogP contribution in [0.2, 0.25) is 0 Å². The van der Waals surface area contributed by atoms with Gasteiger partial charge >= 0.3 is 0 Å². The third-order valence-corrected chi connectivity index (χ3v) is 2.57. The molecular weight excluding hydrogens is 192 g/mol. The maximum Gasteiger partial charge on any atom is 0.222 e. The van der Waals surface area contributed by atoms with E-state index in [1.165, 1.54) is 0 Å². The molecule has 0 aromatic rings. The number of amides is 1. The fourth-order valence-electron chi connectivity index (χ4n) is 1.57. The second-order valence-corrected chi connectivity index (χ2v) is 4.27. The first-order valence-corrected chi connectivity index (χ1v) is 5.80. The zero-order valence-corrected chi connectivity index (χ0v) is 9.71. The summed E-state index contributed by atoms with van der Waals surface area (Å²) < 4.78 is 5.66. The van der Waals surface area contributed by atoms with Crippen molar-refractivity contribution < 1.29 is 9.53 Å². The largest absolute Gasteiger partial charge is 0.376 e. The van der Waals surface area contributed by atoms with Crippen molar-refractivity contribution in [2.45, 2.75) is 32.8 Å². The molecule has 1 saturated heterocycles. The molecule has 0 radical (unpaired) electrons. The second kappa shape index (κ2) is 6.80. The first-order chi connectivity index (χ1) is 7.20. The first kappa shape index (κ1) is 12.5. The highest BCUT2D eigenvalue weighted by Gasteiger charge is 2.13. The first-order valence-electron chi connectivity index (χ1n) is 5.80. The lowest BCUT2D eigenvalue weighted by molar-refractivity contribution is -0.124. The van der Waals surface area contributed by atoms with E-state index in [4.69, 9.17) is 4.74 Å². The highest BCUT2D eigenvalue weighted by molar-refractivity contribution is 5.77. The van der Waals surface area contributed by atoms with Crippen LogP contribution in [-0.2, 0) is 9.53 Å². The molecule has 0 aromatic carbocycles. The summed E-state index contributed by atoms with van der Waals surface area (Å²) in [5.74, 6) is 0.160. The Morgan fingerprint density at radius 3 is 2.73 bits per heavy atom. The molecule has 0 aromatic heterocycles. The molecular formula is C11H22N2O2. The Morgan fingerprint density at radius 1 is 1.47 bits per heavy atom. The quantitative estimate of drug-likeness (QED) is 0.656. The van der Waals surface area contributed by atoms with Gasteiger partial charge in [0.1, 0.15) is 0 Å². The molecule has 1 aliphatic rings. The van der Waals surface area contributed by atoms with Crippen molar-refractivity contribution in [2.24, 2.45) is 5.92 Å². The molecule has 0 bridgehead atoms. The SMILES string of the molecule is CC(C)C(=O)NCCOC1CCNCC1. The van der Waals surface area contributed by atoms with Gasteiger partial charge < -0.3 is 15.4 Å². The van der Waals surface area contributed by atoms with Crippen LogP contribution in [0.1, 0.15) is 26.7 Å². The van der Waals surface area contributed by atoms with Gasteiger partial charge in [-0.2, -0.15) is 0 Å². The molecule has 0 saturated carbocycles. The van der Waals surface area contributed by atoms with Crippen LogP contribution in [0.4, 0.5) is 0 Å². The van der Waals surface area contributed by atoms with E-state index >= 15 is 0 Å². The molecule has 88 valence electrons. The minimum absolute atomic E-state index is 0.0591. The van der Waals surface area contributed by atoms with E-state index in [1.807, 2.05) is 13.8 Å². The van der Waals surface area contributed by atoms with Gasteiger partial charge in [-0.25, -0.2) is 0 Å². The summed E-state index contributed by atoms with van der Waals surface area (Å²) >= 11 is 0. The van der Waals surface area contributed by atoms with Gasteiger partial charge in [0.25, 0.3) is 0 Å². The number of nitrogens with one attached hydrogen (secondary N) is 2. The normalized spacial score (nSPS) is 18.1. The predicted molar refractivity (Wildman–Crippen MR) is 59.7 cm³/mol. The molecule has 1 fully saturated rings. The van der Waals surface area contributed by atoms with E-state index in [2.05, 4.69) is 10.6 Å². The molecule has 0 unspecified atom stereocenters. The number of piperidine rings is 1. The number of carbonyl (C=O) groups is 1. The summed E-state index contributed by atoms with van der Waals surface area (Å²) in [7, 11) is 0. The van der Waals surface area contributed by atoms with Crippen LogP contribution in [-0.4, -0.2) is 38.3 Å². The van der Waals surface area contributed by atoms with Crippen LogP contribution in [0.15, 0.2) is 0 Å². The lowest BCUT2D eigenvalue weighted by Crippen LogP contribution is -2.35. The van der Waals surface area contributed by atoms with Crippen LogP contribution < -0.4 is 10.6 Å². The lowest BCUT2D eigenvalue weighted by Gasteiger charge is -2.23. The van der Waals surface area contributed by atoms with Crippen LogP contribution in [0.5, 0.6) is 0 Å². The number of ether oxygens (including phenoxy) is 1. The highest BCUT2D eigenvalue weighted by Crippen LogP contribution is 2.06. The molecule has 1 aliphatic heterocycles. The van der Waals surface area contributed by atoms with Gasteiger partial charge in [0.2, 0.25) is 5.91 Å². The maximum atomic E-state index is 11.2. The zero-order chi connectivity index (χ0) is 11.1. The minimum atomic E-state index is 0.0591. The number of hydrogen-bond acceptors (Lipinski definition) is 3. The van der Waals surface area contributed by atoms with Crippen molar-refractivity contribution in [3.63, 3.8) is 0 Å². The maximum absolute atomic E-state index is 11.2. The van der Waals surface area contributed by atoms with E-state index in [0.29, 0.717) is 19.3 Å². The van der Waals surface area contributed by atoms with Gasteiger partial charge in [0.15, 0.2) is 0 Å². The highest BCUT2D eigenvalue weighted by atomic mass is 16.5. The average Bonchev–Trinajstić information content (AvgIpc) is 2.25. The monoisotopic (exact) mass is 214 g/mol. The Kier molecular flexibility index (Phi) is 5.65. The van der Waals surface area contributed by atoms with E-state index < -0.39 is 0 Å². The van der Waals surface area contributed by atoms with Crippen molar-refractivity contribution in [1.29, 1.82) is 0 Å². The molecule has 4 nitrogen and oxygen atoms in total. The van der Waals surface area contributed by atoms with Gasteiger partial charge in [-0.1, -0.05) is 13.8 Å². The van der Waals surface area contributed by atoms with Crippen LogP contribution in [0, 0.1) is 5.92 Å². The average molecular weight is 214 g/mol. The van der Waals surface area contributed by atoms with Gasteiger partial charge in [0.05, 0.1) is 12.7 Å². The lowest BCUT2D eigenvalue weighted by atomic mass is 10.1. The van der Waals surface area contributed by atoms with Gasteiger partial charge in [0, 0.05) is 12.5 Å². The number of hydrogen-bond donors (Lipinski definition) is 2. The Balaban J connectivity index is 1.98. The third kappa shape index (κ3) is 5.14. The van der Waals surface area contributed by atoms with E-state index in [1.54, 1.807) is 0 Å². The Bertz CT molecular complexity index is 189. The Labute approximate surface area is 91.8 Å². The summed E-state index contributed by atoms with van der Waals surface area (Å²) in [5, 5.41) is 6.13. The molecule has 1 rings (SSSR count). The van der Waals surface area contributed by atoms with Crippen LogP contribution in [0.25, 0.3) is 0 Å². The molecule has 0 spiro atoms. The standard InChI is InChI=1S/C11H22N2O2/c1-9(2)11(14)13-7-8-15-10-3-5-12-6-4-10/h9-10,12H,3-8H2,1-2H3,(H,13,14). The fraction of sp³-hybridized carbons (Fsp3) is 0.909. The summed E-state index contributed by atoms with van der Waals surface area (Å²) in [4.78, 5) is 11.2. The van der Waals surface area contributed by atoms with Crippen molar-refractivity contribution >= 4 is 5.91 Å². The van der Waals surface area contributed by atoms with Crippen LogP contribution >= 0.6 is 0 Å². The molecule has 15 heavy (non-hydrogen) atoms. The zero-order valence-electron chi connectivity index (χ0n) is 9.71. The van der Waals surface area contributed by atoms with Gasteiger partial charge in [-0.3, -0.25) is 4.79 Å². The summed E-state index contributed by atoms with van der Waals surface area (Å²) in [6.07, 6.45) is 2.54. The van der Waals surface area contributed by atoms with Crippen LogP contribution in [0.3, 0.4) is 0 Å². The number of rotatable bonds is 5. The van der Waals surface area contributed by atoms with Gasteiger partial charge in [-0.15, -0.1) is 0 Å². The summed E-state index contributed by atoms with van der Waals surface area (Å²) in [6, 6.07) is 0. The molecule has 1 heterocycles. The third-order valence-electron chi connectivity index (χ3n) is 2.57. The van der Waals surface area contributed by atoms with Crippen molar-refractivity contribution in [2.75, 3.05) is 26.2 Å². The predicted octanol–water partition coefficient (Wildman–Crippen LogP) is 0.527. The fourth-order valence-corrected chi connectivity index (χ4v) is 1.57. The van der Waals surface area contributed by atoms with Crippen molar-refractivity contribution in [3.05, 3.63) is 0 Å². The van der Waals surface area contributed by atoms with Gasteiger partial charge in [-0.05, 0) is 25.9 Å². The van der Waals surface area contributed by atoms with E-state index in [9.17, 15) is 4.79 Å². The molecule has 0 atom stereocenters. The second-order valence-electron chi connectivity index (χ2n) is 4.27. The molecule has 0 aliphatic carbocycles. The molecule has 2 N–H and O–H groups in total. The van der Waals surface area contributed by atoms with E-state index in [-0.39, 0.29) is 11.8 Å². The van der Waals surface area contributed by atoms with Crippen molar-refractivity contribution in [3.8, 4) is 0 Å². The molecule has 1 amide bonds. The topological polar surface area (TPSA) is 50.4 Å². The summed E-state index contributed by atoms with van der Waals surface area (Å²) in [5.41, 5.74) is 0.